The van der Waals surface area contributed by atoms with Crippen molar-refractivity contribution in [1.29, 1.82) is 0 Å². The minimum absolute atomic E-state index is 0.000530. The maximum absolute atomic E-state index is 16.1. The fourth-order valence-corrected chi connectivity index (χ4v) is 18.3. The highest BCUT2D eigenvalue weighted by Gasteiger charge is 2.30. The van der Waals surface area contributed by atoms with Gasteiger partial charge in [-0.15, -0.1) is 0 Å². The topological polar surface area (TPSA) is 154 Å². The summed E-state index contributed by atoms with van der Waals surface area (Å²) in [5.41, 5.74) is 14.9. The lowest BCUT2D eigenvalue weighted by Gasteiger charge is -2.22. The zero-order valence-corrected chi connectivity index (χ0v) is 75.9. The van der Waals surface area contributed by atoms with E-state index in [1.807, 2.05) is 295 Å². The summed E-state index contributed by atoms with van der Waals surface area (Å²) in [6, 6.07) is 88.8. The van der Waals surface area contributed by atoms with Crippen molar-refractivity contribution in [2.45, 2.75) is 53.9 Å². The minimum Gasteiger partial charge on any atom is -0.313 e. The number of aromatic nitrogens is 15. The lowest BCUT2D eigenvalue weighted by atomic mass is 9.90. The quantitative estimate of drug-likeness (QED) is 0.128. The predicted octanol–water partition coefficient (Wildman–Crippen LogP) is 29.3. The molecule has 0 fully saturated rings. The number of fused-ring (bicyclic) bond motifs is 11. The van der Waals surface area contributed by atoms with Crippen LogP contribution in [0.5, 0.6) is 0 Å². The number of aryl methyl sites for hydroxylation is 4. The van der Waals surface area contributed by atoms with Gasteiger partial charge in [0.05, 0.1) is 89.3 Å². The molecule has 139 heavy (non-hydrogen) atoms. The summed E-state index contributed by atoms with van der Waals surface area (Å²) in [4.78, 5) is 44.1. The van der Waals surface area contributed by atoms with Crippen LogP contribution in [0.2, 0.25) is 0 Å². The van der Waals surface area contributed by atoms with E-state index in [0.717, 1.165) is 115 Å². The van der Waals surface area contributed by atoms with Crippen LogP contribution in [-0.2, 0) is 5.41 Å². The van der Waals surface area contributed by atoms with Gasteiger partial charge in [-0.2, -0.15) is 0 Å². The van der Waals surface area contributed by atoms with Gasteiger partial charge in [0.2, 0.25) is 0 Å². The molecule has 0 amide bonds. The highest BCUT2D eigenvalue weighted by molar-refractivity contribution is 6.00. The number of nitrogens with zero attached hydrogens (tertiary/aromatic N) is 15. The Labute approximate surface area is 790 Å². The van der Waals surface area contributed by atoms with Gasteiger partial charge in [0.15, 0.2) is 29.1 Å². The summed E-state index contributed by atoms with van der Waals surface area (Å²) in [6.45, 7) is 13.6. The van der Waals surface area contributed by atoms with E-state index in [9.17, 15) is 13.2 Å². The van der Waals surface area contributed by atoms with Gasteiger partial charge in [-0.25, -0.2) is 60.0 Å². The Balaban J connectivity index is 0.000000104. The molecule has 0 unspecified atom stereocenters. The second-order valence-electron chi connectivity index (χ2n) is 34.7. The van der Waals surface area contributed by atoms with Crippen molar-refractivity contribution in [3.8, 4) is 73.5 Å². The van der Waals surface area contributed by atoms with Gasteiger partial charge in [0.25, 0.3) is 0 Å². The van der Waals surface area contributed by atoms with Crippen LogP contribution >= 0.6 is 0 Å². The smallest absolute Gasteiger partial charge is 0.174 e. The van der Waals surface area contributed by atoms with E-state index >= 15 is 22.0 Å². The average Bonchev–Trinajstić information content (AvgIpc) is 1.72. The third-order valence-corrected chi connectivity index (χ3v) is 24.9. The van der Waals surface area contributed by atoms with Crippen LogP contribution in [0, 0.1) is 74.2 Å². The summed E-state index contributed by atoms with van der Waals surface area (Å²) in [6.07, 6.45) is 19.7. The van der Waals surface area contributed by atoms with Gasteiger partial charge in [-0.05, 0) is 172 Å². The Bertz CT molecular complexity index is 9030. The largest absolute Gasteiger partial charge is 0.313 e. The first-order valence-corrected chi connectivity index (χ1v) is 44.9. The molecule has 0 bridgehead atoms. The number of hydrogen-bond acceptors (Lipinski definition) is 10. The molecule has 0 N–H and O–H groups in total. The van der Waals surface area contributed by atoms with Crippen LogP contribution < -0.4 is 0 Å². The van der Waals surface area contributed by atoms with Crippen LogP contribution in [0.25, 0.3) is 193 Å². The van der Waals surface area contributed by atoms with Crippen molar-refractivity contribution < 1.29 is 35.1 Å². The number of hydrogen-bond donors (Lipinski definition) is 0. The van der Waals surface area contributed by atoms with Crippen LogP contribution in [0.15, 0.2) is 365 Å². The fourth-order valence-electron chi connectivity index (χ4n) is 18.3. The van der Waals surface area contributed by atoms with Gasteiger partial charge < -0.3 is 22.8 Å². The van der Waals surface area contributed by atoms with E-state index in [4.69, 9.17) is 4.98 Å². The average molecular weight is 1840 g/mol. The van der Waals surface area contributed by atoms with Crippen molar-refractivity contribution in [2.24, 2.45) is 0 Å². The molecule has 15 heterocycles. The van der Waals surface area contributed by atoms with Crippen LogP contribution in [0.1, 0.15) is 49.2 Å². The minimum atomic E-state index is -0.559. The van der Waals surface area contributed by atoms with Gasteiger partial charge in [-0.1, -0.05) is 185 Å². The SMILES string of the molecule is CC(C)(C)c1nc2ccccc2c(-n2ccc3cnccc32)c1F.Cc1cc2c(ccn2-c2c(F)c(-c3ccccc3F)nc3ccccc23)c(C)n1.Cc1cc2c(ccn2-c2c(F)c(-c3ccccc3F)nc3ccccc23)cn1.Cc1nccc2c1ccn2-c1c(F)c(-c2ccccc2F)nc2ccccc12.Fc1c(-c2ccc3ccccc3c2)nc2ccccc2c1-n1ccc2cnccc21. The molecule has 0 aliphatic rings. The van der Waals surface area contributed by atoms with Crippen LogP contribution in [0.4, 0.5) is 35.1 Å². The van der Waals surface area contributed by atoms with Gasteiger partial charge in [-0.3, -0.25) is 24.9 Å². The number of pyridine rings is 10. The lowest BCUT2D eigenvalue weighted by Crippen LogP contribution is -2.18. The molecule has 15 nitrogen and oxygen atoms in total. The molecule has 0 saturated heterocycles. The highest BCUT2D eigenvalue weighted by Crippen LogP contribution is 2.43. The van der Waals surface area contributed by atoms with Gasteiger partial charge in [0.1, 0.15) is 40.2 Å². The summed E-state index contributed by atoms with van der Waals surface area (Å²) >= 11 is 0. The first-order chi connectivity index (χ1) is 67.6. The third-order valence-electron chi connectivity index (χ3n) is 24.9. The fraction of sp³-hybridized carbons (Fsp3) is 0.0690. The van der Waals surface area contributed by atoms with E-state index < -0.39 is 34.9 Å². The Morgan fingerprint density at radius 3 is 1.06 bits per heavy atom. The Hall–Kier alpha value is -17.6. The number of para-hydroxylation sites is 5. The highest BCUT2D eigenvalue weighted by atomic mass is 19.2. The van der Waals surface area contributed by atoms with E-state index in [1.165, 1.54) is 18.2 Å². The Kier molecular flexibility index (Phi) is 23.0. The standard InChI is InChI=1S/C26H16FN3.C24H17F2N3.2C23H15F2N3.C20H18FN3/c27-24-25(19-10-9-17-5-1-2-6-18(17)15-19)29-22-8-4-3-7-21(22)26(24)30-14-12-20-16-28-13-11-23(20)30;1-14-13-21-16(15(2)27-14)11-12-29(21)24-18-8-4-6-10-20(18)28-23(22(24)26)17-7-3-5-9-19(17)25;1-14-15-11-13-28(20(15)10-12-26-14)23-17-7-3-5-9-19(17)27-22(21(23)25)16-6-2-4-8-18(16)24;1-14-12-20-15(13-26-14)10-11-28(20)23-17-7-3-5-9-19(17)27-22(21(23)25)16-6-2-4-8-18(16)24;1-20(2,3)19-17(21)18(14-6-4-5-7-15(14)23-19)24-11-9-13-12-22-10-8-16(13)24/h1-16H;3-13H,1-2H3;2*2-13H,1H3;4-12H,1-3H3. The Morgan fingerprint density at radius 2 is 0.597 bits per heavy atom. The van der Waals surface area contributed by atoms with Crippen molar-refractivity contribution in [3.05, 3.63) is 440 Å². The van der Waals surface area contributed by atoms with Gasteiger partial charge >= 0.3 is 0 Å². The number of rotatable bonds is 9. The van der Waals surface area contributed by atoms with Gasteiger partial charge in [0, 0.05) is 172 Å². The summed E-state index contributed by atoms with van der Waals surface area (Å²) in [7, 11) is 0. The molecular weight excluding hydrogens is 1760 g/mol. The first-order valence-electron chi connectivity index (χ1n) is 44.9. The van der Waals surface area contributed by atoms with Crippen molar-refractivity contribution in [1.82, 2.24) is 72.7 Å². The number of halogens is 8. The molecule has 0 aliphatic heterocycles. The van der Waals surface area contributed by atoms with E-state index in [1.54, 1.807) is 118 Å². The monoisotopic (exact) mass is 1840 g/mol. The maximum atomic E-state index is 16.1. The lowest BCUT2D eigenvalue weighted by molar-refractivity contribution is 0.504. The summed E-state index contributed by atoms with van der Waals surface area (Å²) < 4.78 is 132. The molecule has 25 aromatic rings. The predicted molar refractivity (Wildman–Crippen MR) is 538 cm³/mol. The Morgan fingerprint density at radius 1 is 0.245 bits per heavy atom. The van der Waals surface area contributed by atoms with Crippen molar-refractivity contribution in [2.75, 3.05) is 0 Å². The normalized spacial score (nSPS) is 11.6. The van der Waals surface area contributed by atoms with Crippen molar-refractivity contribution >= 4 is 120 Å². The zero-order chi connectivity index (χ0) is 95.6. The van der Waals surface area contributed by atoms with Crippen molar-refractivity contribution in [3.63, 3.8) is 0 Å². The number of benzene rings is 10. The molecule has 10 aromatic carbocycles. The molecule has 0 radical (unpaired) electrons. The molecular formula is C116H81F8N15. The molecule has 25 rings (SSSR count). The van der Waals surface area contributed by atoms with Crippen LogP contribution in [-0.4, -0.2) is 72.7 Å². The zero-order valence-electron chi connectivity index (χ0n) is 75.9. The molecule has 15 aromatic heterocycles. The van der Waals surface area contributed by atoms with E-state index in [2.05, 4.69) is 50.9 Å². The third kappa shape index (κ3) is 16.2. The molecule has 23 heteroatoms. The molecule has 0 spiro atoms. The molecule has 0 saturated carbocycles. The first kappa shape index (κ1) is 88.0. The second-order valence-corrected chi connectivity index (χ2v) is 34.7. The molecule has 676 valence electrons. The molecule has 0 atom stereocenters. The van der Waals surface area contributed by atoms with E-state index in [0.29, 0.717) is 72.5 Å². The summed E-state index contributed by atoms with van der Waals surface area (Å²) in [5, 5.41) is 10.5. The summed E-state index contributed by atoms with van der Waals surface area (Å²) in [5.74, 6) is -3.80. The second kappa shape index (κ2) is 36.3. The van der Waals surface area contributed by atoms with E-state index in [-0.39, 0.29) is 50.8 Å². The maximum Gasteiger partial charge on any atom is 0.174 e. The van der Waals surface area contributed by atoms with Crippen LogP contribution in [0.3, 0.4) is 0 Å². The molecule has 0 aliphatic carbocycles.